The standard InChI is InChI=1S/C22H28N2O3/c1-21-8-6-17-16-5-3-15(24-27)12-14(16)2-4-18(17)19(21)7-9-22(21,10-11-23)13-20(25)26/h12,18-19,27H,2-10,13H2,1H3,(H,25,26)/b24-15-/t18-,19+,21+,22+/m1/s1. The first kappa shape index (κ1) is 18.3. The van der Waals surface area contributed by atoms with E-state index in [1.54, 1.807) is 5.57 Å². The van der Waals surface area contributed by atoms with Crippen LogP contribution in [0, 0.1) is 34.0 Å². The van der Waals surface area contributed by atoms with Crippen molar-refractivity contribution >= 4 is 11.7 Å². The molecule has 4 rings (SSSR count). The molecule has 4 aliphatic rings. The Balaban J connectivity index is 1.71. The maximum Gasteiger partial charge on any atom is 0.303 e. The minimum absolute atomic E-state index is 0.0660. The summed E-state index contributed by atoms with van der Waals surface area (Å²) < 4.78 is 0. The molecule has 2 fully saturated rings. The molecule has 0 unspecified atom stereocenters. The second kappa shape index (κ2) is 6.51. The molecule has 0 saturated heterocycles. The van der Waals surface area contributed by atoms with E-state index in [-0.39, 0.29) is 17.3 Å². The van der Waals surface area contributed by atoms with Gasteiger partial charge in [-0.1, -0.05) is 17.7 Å². The Morgan fingerprint density at radius 2 is 2.11 bits per heavy atom. The van der Waals surface area contributed by atoms with Crippen LogP contribution in [-0.4, -0.2) is 22.0 Å². The number of fused-ring (bicyclic) bond motifs is 4. The quantitative estimate of drug-likeness (QED) is 0.551. The normalized spacial score (nSPS) is 39.3. The number of carbonyl (C=O) groups is 1. The lowest BCUT2D eigenvalue weighted by Gasteiger charge is -2.53. The zero-order valence-electron chi connectivity index (χ0n) is 16.0. The van der Waals surface area contributed by atoms with Gasteiger partial charge in [0.05, 0.1) is 18.2 Å². The summed E-state index contributed by atoms with van der Waals surface area (Å²) in [6.07, 6.45) is 10.3. The van der Waals surface area contributed by atoms with Gasteiger partial charge in [-0.3, -0.25) is 4.79 Å². The molecule has 0 heterocycles. The Bertz CT molecular complexity index is 803. The molecule has 5 nitrogen and oxygen atoms in total. The van der Waals surface area contributed by atoms with Crippen LogP contribution < -0.4 is 0 Å². The molecule has 2 N–H and O–H groups in total. The van der Waals surface area contributed by atoms with Gasteiger partial charge in [-0.15, -0.1) is 0 Å². The second-order valence-corrected chi connectivity index (χ2v) is 9.16. The summed E-state index contributed by atoms with van der Waals surface area (Å²) in [5.74, 6) is 0.238. The van der Waals surface area contributed by atoms with E-state index in [2.05, 4.69) is 24.2 Å². The third-order valence-electron chi connectivity index (χ3n) is 8.32. The predicted molar refractivity (Wildman–Crippen MR) is 101 cm³/mol. The van der Waals surface area contributed by atoms with Crippen molar-refractivity contribution in [3.8, 4) is 6.07 Å². The average Bonchev–Trinajstić information content (AvgIpc) is 2.93. The molecular weight excluding hydrogens is 340 g/mol. The highest BCUT2D eigenvalue weighted by molar-refractivity contribution is 5.97. The van der Waals surface area contributed by atoms with E-state index >= 15 is 0 Å². The van der Waals surface area contributed by atoms with Gasteiger partial charge in [-0.2, -0.15) is 5.26 Å². The fourth-order valence-corrected chi connectivity index (χ4v) is 6.94. The van der Waals surface area contributed by atoms with Gasteiger partial charge in [-0.25, -0.2) is 0 Å². The van der Waals surface area contributed by atoms with Crippen LogP contribution in [0.3, 0.4) is 0 Å². The van der Waals surface area contributed by atoms with Crippen LogP contribution in [-0.2, 0) is 4.79 Å². The molecule has 0 amide bonds. The molecule has 144 valence electrons. The average molecular weight is 368 g/mol. The largest absolute Gasteiger partial charge is 0.481 e. The van der Waals surface area contributed by atoms with Crippen LogP contribution in [0.5, 0.6) is 0 Å². The van der Waals surface area contributed by atoms with Crippen LogP contribution in [0.4, 0.5) is 0 Å². The number of aliphatic carboxylic acids is 1. The van der Waals surface area contributed by atoms with Crippen LogP contribution in [0.2, 0.25) is 0 Å². The van der Waals surface area contributed by atoms with Gasteiger partial charge in [0.2, 0.25) is 0 Å². The SMILES string of the molecule is C[C@]12CCC3=C4CC/C(=N/O)C=C4CC[C@H]3[C@@H]1CC[C@]2(CC#N)CC(=O)O. The van der Waals surface area contributed by atoms with Crippen molar-refractivity contribution in [2.75, 3.05) is 0 Å². The maximum absolute atomic E-state index is 11.6. The van der Waals surface area contributed by atoms with Crippen molar-refractivity contribution in [2.24, 2.45) is 27.8 Å². The molecule has 4 atom stereocenters. The van der Waals surface area contributed by atoms with E-state index in [4.69, 9.17) is 5.21 Å². The van der Waals surface area contributed by atoms with E-state index in [9.17, 15) is 15.2 Å². The highest BCUT2D eigenvalue weighted by Crippen LogP contribution is 2.68. The first-order valence-corrected chi connectivity index (χ1v) is 10.2. The van der Waals surface area contributed by atoms with Crippen molar-refractivity contribution in [1.82, 2.24) is 0 Å². The molecule has 0 aromatic carbocycles. The zero-order valence-corrected chi connectivity index (χ0v) is 16.0. The van der Waals surface area contributed by atoms with Gasteiger partial charge in [0.15, 0.2) is 0 Å². The van der Waals surface area contributed by atoms with Crippen molar-refractivity contribution in [2.45, 2.75) is 71.1 Å². The van der Waals surface area contributed by atoms with Gasteiger partial charge in [0.1, 0.15) is 0 Å². The fraction of sp³-hybridized carbons (Fsp3) is 0.682. The Morgan fingerprint density at radius 1 is 1.30 bits per heavy atom. The molecule has 5 heteroatoms. The minimum atomic E-state index is -0.770. The molecule has 0 aromatic heterocycles. The summed E-state index contributed by atoms with van der Waals surface area (Å²) in [6.45, 7) is 2.27. The predicted octanol–water partition coefficient (Wildman–Crippen LogP) is 4.83. The van der Waals surface area contributed by atoms with Crippen LogP contribution >= 0.6 is 0 Å². The highest BCUT2D eigenvalue weighted by Gasteiger charge is 2.61. The minimum Gasteiger partial charge on any atom is -0.481 e. The Hall–Kier alpha value is -2.09. The van der Waals surface area contributed by atoms with Gasteiger partial charge in [0, 0.05) is 6.42 Å². The zero-order chi connectivity index (χ0) is 19.2. The van der Waals surface area contributed by atoms with Crippen molar-refractivity contribution in [3.63, 3.8) is 0 Å². The first-order chi connectivity index (χ1) is 12.9. The van der Waals surface area contributed by atoms with E-state index in [0.29, 0.717) is 18.3 Å². The molecule has 27 heavy (non-hydrogen) atoms. The van der Waals surface area contributed by atoms with Crippen LogP contribution in [0.15, 0.2) is 28.0 Å². The van der Waals surface area contributed by atoms with Gasteiger partial charge in [-0.05, 0) is 91.3 Å². The van der Waals surface area contributed by atoms with Gasteiger partial charge in [0.25, 0.3) is 0 Å². The molecule has 0 bridgehead atoms. The van der Waals surface area contributed by atoms with Crippen molar-refractivity contribution in [3.05, 3.63) is 22.8 Å². The smallest absolute Gasteiger partial charge is 0.303 e. The number of nitrogens with zero attached hydrogens (tertiary/aromatic N) is 2. The maximum atomic E-state index is 11.6. The van der Waals surface area contributed by atoms with E-state index in [0.717, 1.165) is 57.1 Å². The van der Waals surface area contributed by atoms with Gasteiger partial charge < -0.3 is 10.3 Å². The number of oxime groups is 1. The summed E-state index contributed by atoms with van der Waals surface area (Å²) in [4.78, 5) is 11.6. The van der Waals surface area contributed by atoms with E-state index < -0.39 is 5.97 Å². The number of rotatable bonds is 3. The number of hydrogen-bond donors (Lipinski definition) is 2. The van der Waals surface area contributed by atoms with Gasteiger partial charge >= 0.3 is 5.97 Å². The summed E-state index contributed by atoms with van der Waals surface area (Å²) >= 11 is 0. The molecule has 0 aromatic rings. The third-order valence-corrected chi connectivity index (χ3v) is 8.32. The van der Waals surface area contributed by atoms with Crippen molar-refractivity contribution < 1.29 is 15.1 Å². The van der Waals surface area contributed by atoms with Crippen LogP contribution in [0.25, 0.3) is 0 Å². The topological polar surface area (TPSA) is 93.7 Å². The number of allylic oxidation sites excluding steroid dienone is 4. The second-order valence-electron chi connectivity index (χ2n) is 9.16. The fourth-order valence-electron chi connectivity index (χ4n) is 6.94. The molecule has 2 saturated carbocycles. The number of carboxylic acids is 1. The van der Waals surface area contributed by atoms with Crippen LogP contribution in [0.1, 0.15) is 71.1 Å². The monoisotopic (exact) mass is 368 g/mol. The molecule has 0 radical (unpaired) electrons. The Morgan fingerprint density at radius 3 is 2.81 bits per heavy atom. The highest BCUT2D eigenvalue weighted by atomic mass is 16.4. The molecule has 0 spiro atoms. The first-order valence-electron chi connectivity index (χ1n) is 10.2. The Kier molecular flexibility index (Phi) is 4.41. The number of nitriles is 1. The summed E-state index contributed by atoms with van der Waals surface area (Å²) in [7, 11) is 0. The number of hydrogen-bond acceptors (Lipinski definition) is 4. The third kappa shape index (κ3) is 2.64. The molecule has 4 aliphatic carbocycles. The molecular formula is C22H28N2O3. The lowest BCUT2D eigenvalue weighted by molar-refractivity contribution is -0.143. The lowest BCUT2D eigenvalue weighted by Crippen LogP contribution is -2.46. The lowest BCUT2D eigenvalue weighted by atomic mass is 9.51. The van der Waals surface area contributed by atoms with Crippen molar-refractivity contribution in [1.29, 1.82) is 5.26 Å². The van der Waals surface area contributed by atoms with E-state index in [1.165, 1.54) is 11.1 Å². The Labute approximate surface area is 160 Å². The summed E-state index contributed by atoms with van der Waals surface area (Å²) in [5, 5.41) is 31.5. The number of carboxylic acid groups (broad SMARTS) is 1. The summed E-state index contributed by atoms with van der Waals surface area (Å²) in [5.41, 5.74) is 4.74. The summed E-state index contributed by atoms with van der Waals surface area (Å²) in [6, 6.07) is 2.32. The molecule has 0 aliphatic heterocycles. The van der Waals surface area contributed by atoms with E-state index in [1.807, 2.05) is 0 Å².